The van der Waals surface area contributed by atoms with Gasteiger partial charge in [0.05, 0.1) is 12.6 Å². The van der Waals surface area contributed by atoms with Crippen LogP contribution < -0.4 is 0 Å². The van der Waals surface area contributed by atoms with Gasteiger partial charge in [-0.05, 0) is 18.2 Å². The molecule has 104 valence electrons. The molecule has 0 amide bonds. The van der Waals surface area contributed by atoms with Crippen LogP contribution in [-0.4, -0.2) is 29.7 Å². The van der Waals surface area contributed by atoms with Crippen LogP contribution in [0.3, 0.4) is 0 Å². The van der Waals surface area contributed by atoms with Crippen molar-refractivity contribution in [1.29, 1.82) is 0 Å². The van der Waals surface area contributed by atoms with E-state index in [1.165, 1.54) is 5.56 Å². The fraction of sp³-hybridized carbons (Fsp3) is 0.222. The maximum atomic E-state index is 9.56. The lowest BCUT2D eigenvalue weighted by atomic mass is 10.1. The highest BCUT2D eigenvalue weighted by molar-refractivity contribution is 5.49. The second-order valence-electron chi connectivity index (χ2n) is 4.92. The zero-order valence-electron chi connectivity index (χ0n) is 11.8. The number of hydrogen-bond acceptors (Lipinski definition) is 2. The number of likely N-dealkylation sites (N-methyl/N-ethyl adjacent to an activating group) is 1. The van der Waals surface area contributed by atoms with Crippen molar-refractivity contribution in [2.75, 3.05) is 13.7 Å². The van der Waals surface area contributed by atoms with Crippen LogP contribution in [0, 0.1) is 0 Å². The molecular formula is C18H21NO. The first kappa shape index (κ1) is 14.5. The minimum atomic E-state index is 0.0235. The first-order chi connectivity index (χ1) is 9.79. The maximum absolute atomic E-state index is 9.56. The molecule has 2 aromatic rings. The van der Waals surface area contributed by atoms with Crippen LogP contribution in [0.15, 0.2) is 66.7 Å². The Hall–Kier alpha value is -1.90. The molecule has 0 spiro atoms. The molecule has 0 aliphatic heterocycles. The molecule has 1 N–H and O–H groups in total. The van der Waals surface area contributed by atoms with E-state index in [-0.39, 0.29) is 12.6 Å². The second kappa shape index (κ2) is 7.63. The van der Waals surface area contributed by atoms with Crippen LogP contribution in [0.1, 0.15) is 11.1 Å². The quantitative estimate of drug-likeness (QED) is 0.869. The van der Waals surface area contributed by atoms with E-state index < -0.39 is 0 Å². The highest BCUT2D eigenvalue weighted by Gasteiger charge is 2.10. The Balaban J connectivity index is 1.99. The molecule has 2 aromatic carbocycles. The molecule has 2 nitrogen and oxygen atoms in total. The Bertz CT molecular complexity index is 522. The van der Waals surface area contributed by atoms with Crippen molar-refractivity contribution < 1.29 is 5.11 Å². The summed E-state index contributed by atoms with van der Waals surface area (Å²) in [5.41, 5.74) is 2.40. The third kappa shape index (κ3) is 4.34. The van der Waals surface area contributed by atoms with Gasteiger partial charge in [-0.15, -0.1) is 0 Å². The summed E-state index contributed by atoms with van der Waals surface area (Å²) in [6.45, 7) is 0.942. The Morgan fingerprint density at radius 3 is 2.20 bits per heavy atom. The van der Waals surface area contributed by atoms with Crippen LogP contribution in [0.4, 0.5) is 0 Å². The molecule has 0 fully saturated rings. The van der Waals surface area contributed by atoms with E-state index in [9.17, 15) is 5.11 Å². The van der Waals surface area contributed by atoms with E-state index in [1.54, 1.807) is 0 Å². The summed E-state index contributed by atoms with van der Waals surface area (Å²) in [6, 6.07) is 20.5. The number of hydrogen-bond donors (Lipinski definition) is 1. The van der Waals surface area contributed by atoms with Crippen LogP contribution in [0.5, 0.6) is 0 Å². The number of aliphatic hydroxyl groups excluding tert-OH is 1. The van der Waals surface area contributed by atoms with Crippen molar-refractivity contribution in [2.24, 2.45) is 0 Å². The maximum Gasteiger partial charge on any atom is 0.0622 e. The molecule has 1 atom stereocenters. The van der Waals surface area contributed by atoms with Crippen molar-refractivity contribution in [2.45, 2.75) is 12.6 Å². The summed E-state index contributed by atoms with van der Waals surface area (Å²) in [5.74, 6) is 0. The molecule has 2 heteroatoms. The van der Waals surface area contributed by atoms with Gasteiger partial charge in [0.1, 0.15) is 0 Å². The van der Waals surface area contributed by atoms with Gasteiger partial charge in [-0.2, -0.15) is 0 Å². The summed E-state index contributed by atoms with van der Waals surface area (Å²) < 4.78 is 0. The SMILES string of the molecule is CN(Cc1ccccc1)C(/C=C/c1ccccc1)CO. The third-order valence-corrected chi connectivity index (χ3v) is 3.34. The zero-order valence-corrected chi connectivity index (χ0v) is 11.8. The Morgan fingerprint density at radius 1 is 1.00 bits per heavy atom. The van der Waals surface area contributed by atoms with Gasteiger partial charge in [0.2, 0.25) is 0 Å². The van der Waals surface area contributed by atoms with E-state index in [2.05, 4.69) is 41.3 Å². The summed E-state index contributed by atoms with van der Waals surface area (Å²) in [5, 5.41) is 9.56. The Labute approximate surface area is 121 Å². The molecule has 0 saturated heterocycles. The first-order valence-electron chi connectivity index (χ1n) is 6.88. The summed E-state index contributed by atoms with van der Waals surface area (Å²) >= 11 is 0. The van der Waals surface area contributed by atoms with Crippen molar-refractivity contribution in [3.8, 4) is 0 Å². The van der Waals surface area contributed by atoms with Gasteiger partial charge < -0.3 is 5.11 Å². The fourth-order valence-electron chi connectivity index (χ4n) is 2.12. The largest absolute Gasteiger partial charge is 0.394 e. The van der Waals surface area contributed by atoms with Gasteiger partial charge >= 0.3 is 0 Å². The molecule has 0 aromatic heterocycles. The highest BCUT2D eigenvalue weighted by atomic mass is 16.3. The molecule has 2 rings (SSSR count). The topological polar surface area (TPSA) is 23.5 Å². The molecule has 0 aliphatic rings. The van der Waals surface area contributed by atoms with Crippen molar-refractivity contribution >= 4 is 6.08 Å². The number of aliphatic hydroxyl groups is 1. The van der Waals surface area contributed by atoms with Gasteiger partial charge in [0.15, 0.2) is 0 Å². The number of benzene rings is 2. The van der Waals surface area contributed by atoms with Crippen molar-refractivity contribution in [1.82, 2.24) is 4.90 Å². The Kier molecular flexibility index (Phi) is 5.54. The molecule has 0 aliphatic carbocycles. The van der Waals surface area contributed by atoms with E-state index >= 15 is 0 Å². The average molecular weight is 267 g/mol. The van der Waals surface area contributed by atoms with E-state index in [0.717, 1.165) is 12.1 Å². The molecule has 20 heavy (non-hydrogen) atoms. The summed E-state index contributed by atoms with van der Waals surface area (Å²) in [6.07, 6.45) is 4.11. The van der Waals surface area contributed by atoms with Gasteiger partial charge in [0.25, 0.3) is 0 Å². The smallest absolute Gasteiger partial charge is 0.0622 e. The standard InChI is InChI=1S/C18H21NO/c1-19(14-17-10-6-3-7-11-17)18(15-20)13-12-16-8-4-2-5-9-16/h2-13,18,20H,14-15H2,1H3/b13-12+. The number of rotatable bonds is 6. The molecule has 0 saturated carbocycles. The normalized spacial score (nSPS) is 12.9. The summed E-state index contributed by atoms with van der Waals surface area (Å²) in [7, 11) is 2.03. The lowest BCUT2D eigenvalue weighted by Gasteiger charge is -2.23. The third-order valence-electron chi connectivity index (χ3n) is 3.34. The average Bonchev–Trinajstić information content (AvgIpc) is 2.50. The van der Waals surface area contributed by atoms with Crippen LogP contribution in [0.2, 0.25) is 0 Å². The van der Waals surface area contributed by atoms with Gasteiger partial charge in [-0.3, -0.25) is 4.90 Å². The molecular weight excluding hydrogens is 246 g/mol. The molecule has 1 unspecified atom stereocenters. The number of nitrogens with zero attached hydrogens (tertiary/aromatic N) is 1. The van der Waals surface area contributed by atoms with Crippen molar-refractivity contribution in [3.05, 3.63) is 77.9 Å². The highest BCUT2D eigenvalue weighted by Crippen LogP contribution is 2.09. The minimum Gasteiger partial charge on any atom is -0.394 e. The Morgan fingerprint density at radius 2 is 1.60 bits per heavy atom. The van der Waals surface area contributed by atoms with E-state index in [1.807, 2.05) is 43.4 Å². The monoisotopic (exact) mass is 267 g/mol. The van der Waals surface area contributed by atoms with Crippen molar-refractivity contribution in [3.63, 3.8) is 0 Å². The fourth-order valence-corrected chi connectivity index (χ4v) is 2.12. The van der Waals surface area contributed by atoms with E-state index in [0.29, 0.717) is 0 Å². The van der Waals surface area contributed by atoms with Crippen LogP contribution in [0.25, 0.3) is 6.08 Å². The molecule has 0 heterocycles. The lowest BCUT2D eigenvalue weighted by Crippen LogP contribution is -2.32. The predicted molar refractivity (Wildman–Crippen MR) is 84.3 cm³/mol. The van der Waals surface area contributed by atoms with Gasteiger partial charge in [-0.1, -0.05) is 72.8 Å². The zero-order chi connectivity index (χ0) is 14.2. The second-order valence-corrected chi connectivity index (χ2v) is 4.92. The van der Waals surface area contributed by atoms with Gasteiger partial charge in [0, 0.05) is 6.54 Å². The minimum absolute atomic E-state index is 0.0235. The first-order valence-corrected chi connectivity index (χ1v) is 6.88. The molecule has 0 radical (unpaired) electrons. The van der Waals surface area contributed by atoms with Gasteiger partial charge in [-0.25, -0.2) is 0 Å². The van der Waals surface area contributed by atoms with E-state index in [4.69, 9.17) is 0 Å². The van der Waals surface area contributed by atoms with Crippen LogP contribution in [-0.2, 0) is 6.54 Å². The predicted octanol–water partition coefficient (Wildman–Crippen LogP) is 3.19. The molecule has 0 bridgehead atoms. The summed E-state index contributed by atoms with van der Waals surface area (Å²) in [4.78, 5) is 2.15. The lowest BCUT2D eigenvalue weighted by molar-refractivity contribution is 0.172. The van der Waals surface area contributed by atoms with Crippen LogP contribution >= 0.6 is 0 Å².